The summed E-state index contributed by atoms with van der Waals surface area (Å²) in [4.78, 5) is 14.1. The Hall–Kier alpha value is -0.420. The molecule has 0 N–H and O–H groups in total. The van der Waals surface area contributed by atoms with Gasteiger partial charge in [0.15, 0.2) is 4.67 Å². The molecule has 0 aromatic carbocycles. The van der Waals surface area contributed by atoms with Gasteiger partial charge in [0, 0.05) is 23.6 Å². The van der Waals surface area contributed by atoms with Crippen molar-refractivity contribution in [2.75, 3.05) is 12.3 Å². The van der Waals surface area contributed by atoms with Crippen molar-refractivity contribution in [3.8, 4) is 0 Å². The van der Waals surface area contributed by atoms with Gasteiger partial charge >= 0.3 is 0 Å². The summed E-state index contributed by atoms with van der Waals surface area (Å²) in [6, 6.07) is 2.17. The molecule has 1 aromatic heterocycles. The van der Waals surface area contributed by atoms with Crippen LogP contribution in [-0.4, -0.2) is 34.4 Å². The van der Waals surface area contributed by atoms with E-state index in [1.807, 2.05) is 16.7 Å². The fourth-order valence-electron chi connectivity index (χ4n) is 2.25. The van der Waals surface area contributed by atoms with E-state index in [4.69, 9.17) is 4.42 Å². The fourth-order valence-corrected chi connectivity index (χ4v) is 4.09. The summed E-state index contributed by atoms with van der Waals surface area (Å²) >= 11 is 5.23. The number of furan rings is 1. The van der Waals surface area contributed by atoms with Gasteiger partial charge in [0.05, 0.1) is 11.8 Å². The molecular weight excluding hydrogens is 278 g/mol. The number of likely N-dealkylation sites (tertiary alicyclic amines) is 1. The molecule has 0 aliphatic carbocycles. The standard InChI is InChI=1S/C10H10BrNO2S/c11-9-8(1-2-14-9)10(13)12-4-7-3-6(12)5-15-7/h1-2,6-7H,3-5H2. The Morgan fingerprint density at radius 3 is 3.07 bits per heavy atom. The minimum atomic E-state index is 0.100. The van der Waals surface area contributed by atoms with Crippen molar-refractivity contribution < 1.29 is 9.21 Å². The largest absolute Gasteiger partial charge is 0.457 e. The van der Waals surface area contributed by atoms with Crippen LogP contribution >= 0.6 is 27.7 Å². The molecule has 2 aliphatic rings. The number of thioether (sulfide) groups is 1. The van der Waals surface area contributed by atoms with Gasteiger partial charge in [-0.25, -0.2) is 0 Å². The third-order valence-corrected chi connectivity index (χ3v) is 5.01. The van der Waals surface area contributed by atoms with Crippen LogP contribution < -0.4 is 0 Å². The Kier molecular flexibility index (Phi) is 2.32. The van der Waals surface area contributed by atoms with E-state index in [1.165, 1.54) is 0 Å². The van der Waals surface area contributed by atoms with E-state index < -0.39 is 0 Å². The van der Waals surface area contributed by atoms with E-state index in [1.54, 1.807) is 12.3 Å². The molecule has 1 amide bonds. The molecule has 5 heteroatoms. The van der Waals surface area contributed by atoms with Crippen LogP contribution in [0.5, 0.6) is 0 Å². The molecule has 2 fully saturated rings. The first-order chi connectivity index (χ1) is 7.25. The molecule has 2 aliphatic heterocycles. The maximum Gasteiger partial charge on any atom is 0.258 e. The smallest absolute Gasteiger partial charge is 0.258 e. The van der Waals surface area contributed by atoms with Gasteiger partial charge in [-0.15, -0.1) is 0 Å². The normalized spacial score (nSPS) is 28.7. The lowest BCUT2D eigenvalue weighted by molar-refractivity contribution is 0.0745. The Morgan fingerprint density at radius 1 is 1.67 bits per heavy atom. The van der Waals surface area contributed by atoms with E-state index in [9.17, 15) is 4.79 Å². The van der Waals surface area contributed by atoms with Gasteiger partial charge in [0.1, 0.15) is 0 Å². The Bertz CT molecular complexity index is 406. The first kappa shape index (κ1) is 9.78. The lowest BCUT2D eigenvalue weighted by Crippen LogP contribution is -2.39. The van der Waals surface area contributed by atoms with Gasteiger partial charge in [-0.1, -0.05) is 0 Å². The number of carbonyl (C=O) groups excluding carboxylic acids is 1. The molecule has 3 rings (SSSR count). The average Bonchev–Trinajstić information content (AvgIpc) is 2.91. The lowest BCUT2D eigenvalue weighted by atomic mass is 10.2. The van der Waals surface area contributed by atoms with Gasteiger partial charge < -0.3 is 9.32 Å². The van der Waals surface area contributed by atoms with Crippen LogP contribution in [0.15, 0.2) is 21.4 Å². The predicted molar refractivity (Wildman–Crippen MR) is 62.1 cm³/mol. The van der Waals surface area contributed by atoms with Gasteiger partial charge in [0.2, 0.25) is 0 Å². The van der Waals surface area contributed by atoms with Crippen LogP contribution in [0, 0.1) is 0 Å². The maximum absolute atomic E-state index is 12.1. The molecule has 1 aromatic rings. The third kappa shape index (κ3) is 1.52. The number of hydrogen-bond donors (Lipinski definition) is 0. The summed E-state index contributed by atoms with van der Waals surface area (Å²) in [5.74, 6) is 1.19. The Balaban J connectivity index is 1.84. The number of nitrogens with zero attached hydrogens (tertiary/aromatic N) is 1. The summed E-state index contributed by atoms with van der Waals surface area (Å²) in [6.45, 7) is 0.895. The van der Waals surface area contributed by atoms with Gasteiger partial charge in [-0.3, -0.25) is 4.79 Å². The molecule has 0 radical (unpaired) electrons. The van der Waals surface area contributed by atoms with Crippen LogP contribution in [0.4, 0.5) is 0 Å². The number of rotatable bonds is 1. The maximum atomic E-state index is 12.1. The Morgan fingerprint density at radius 2 is 2.53 bits per heavy atom. The van der Waals surface area contributed by atoms with E-state index in [2.05, 4.69) is 15.9 Å². The first-order valence-corrected chi connectivity index (χ1v) is 6.75. The van der Waals surface area contributed by atoms with E-state index in [0.29, 0.717) is 21.5 Å². The second kappa shape index (κ2) is 3.56. The quantitative estimate of drug-likeness (QED) is 0.795. The molecule has 2 saturated heterocycles. The topological polar surface area (TPSA) is 33.5 Å². The molecule has 3 heterocycles. The van der Waals surface area contributed by atoms with Crippen molar-refractivity contribution in [2.45, 2.75) is 17.7 Å². The number of amides is 1. The van der Waals surface area contributed by atoms with Crippen molar-refractivity contribution in [1.29, 1.82) is 0 Å². The summed E-state index contributed by atoms with van der Waals surface area (Å²) in [7, 11) is 0. The fraction of sp³-hybridized carbons (Fsp3) is 0.500. The molecule has 15 heavy (non-hydrogen) atoms. The molecule has 2 bridgehead atoms. The molecule has 0 spiro atoms. The minimum absolute atomic E-state index is 0.100. The second-order valence-corrected chi connectivity index (χ2v) is 5.96. The van der Waals surface area contributed by atoms with Gasteiger partial charge in [-0.05, 0) is 28.4 Å². The van der Waals surface area contributed by atoms with Gasteiger partial charge in [0.25, 0.3) is 5.91 Å². The molecule has 0 saturated carbocycles. The highest BCUT2D eigenvalue weighted by atomic mass is 79.9. The van der Waals surface area contributed by atoms with E-state index in [0.717, 1.165) is 18.7 Å². The van der Waals surface area contributed by atoms with Crippen molar-refractivity contribution in [3.05, 3.63) is 22.6 Å². The van der Waals surface area contributed by atoms with Crippen molar-refractivity contribution in [1.82, 2.24) is 4.90 Å². The zero-order valence-electron chi connectivity index (χ0n) is 7.98. The lowest BCUT2D eigenvalue weighted by Gasteiger charge is -2.26. The third-order valence-electron chi connectivity index (χ3n) is 3.01. The number of hydrogen-bond acceptors (Lipinski definition) is 3. The monoisotopic (exact) mass is 287 g/mol. The van der Waals surface area contributed by atoms with Crippen molar-refractivity contribution in [3.63, 3.8) is 0 Å². The summed E-state index contributed by atoms with van der Waals surface area (Å²) in [5, 5.41) is 0.657. The molecule has 2 atom stereocenters. The van der Waals surface area contributed by atoms with Crippen LogP contribution in [0.2, 0.25) is 0 Å². The van der Waals surface area contributed by atoms with Crippen LogP contribution in [-0.2, 0) is 0 Å². The SMILES string of the molecule is O=C(c1ccoc1Br)N1CC2CC1CS2. The summed E-state index contributed by atoms with van der Waals surface area (Å²) in [5.41, 5.74) is 0.646. The van der Waals surface area contributed by atoms with E-state index in [-0.39, 0.29) is 5.91 Å². The highest BCUT2D eigenvalue weighted by molar-refractivity contribution is 9.10. The second-order valence-electron chi connectivity index (χ2n) is 3.91. The average molecular weight is 288 g/mol. The van der Waals surface area contributed by atoms with Gasteiger partial charge in [-0.2, -0.15) is 11.8 Å². The summed E-state index contributed by atoms with van der Waals surface area (Å²) in [6.07, 6.45) is 2.70. The molecule has 80 valence electrons. The van der Waals surface area contributed by atoms with Crippen molar-refractivity contribution in [2.24, 2.45) is 0 Å². The number of fused-ring (bicyclic) bond motifs is 2. The highest BCUT2D eigenvalue weighted by Gasteiger charge is 2.41. The predicted octanol–water partition coefficient (Wildman–Crippen LogP) is 2.37. The van der Waals surface area contributed by atoms with E-state index >= 15 is 0 Å². The van der Waals surface area contributed by atoms with Crippen molar-refractivity contribution >= 4 is 33.6 Å². The molecular formula is C10H10BrNO2S. The summed E-state index contributed by atoms with van der Waals surface area (Å²) < 4.78 is 5.63. The van der Waals surface area contributed by atoms with Crippen LogP contribution in [0.25, 0.3) is 0 Å². The Labute approximate surface area is 100 Å². The zero-order valence-corrected chi connectivity index (χ0v) is 10.4. The zero-order chi connectivity index (χ0) is 10.4. The number of carbonyl (C=O) groups is 1. The number of halogens is 1. The molecule has 2 unspecified atom stereocenters. The first-order valence-electron chi connectivity index (χ1n) is 4.91. The minimum Gasteiger partial charge on any atom is -0.457 e. The van der Waals surface area contributed by atoms with Crippen LogP contribution in [0.3, 0.4) is 0 Å². The van der Waals surface area contributed by atoms with Crippen LogP contribution in [0.1, 0.15) is 16.8 Å². The highest BCUT2D eigenvalue weighted by Crippen LogP contribution is 2.38. The molecule has 3 nitrogen and oxygen atoms in total.